The number of nitrogens with one attached hydrogen (secondary N) is 1. The van der Waals surface area contributed by atoms with E-state index >= 15 is 0 Å². The van der Waals surface area contributed by atoms with E-state index < -0.39 is 11.0 Å². The zero-order chi connectivity index (χ0) is 13.8. The van der Waals surface area contributed by atoms with E-state index in [0.717, 1.165) is 12.8 Å². The molecule has 1 unspecified atom stereocenters. The van der Waals surface area contributed by atoms with Gasteiger partial charge in [-0.2, -0.15) is 0 Å². The van der Waals surface area contributed by atoms with Crippen LogP contribution >= 0.6 is 0 Å². The molecule has 1 atom stereocenters. The smallest absolute Gasteiger partial charge is 0.404 e. The van der Waals surface area contributed by atoms with Crippen molar-refractivity contribution in [1.29, 1.82) is 0 Å². The van der Waals surface area contributed by atoms with Crippen LogP contribution in [0.15, 0.2) is 18.5 Å². The summed E-state index contributed by atoms with van der Waals surface area (Å²) in [6.07, 6.45) is 3.16. The van der Waals surface area contributed by atoms with Crippen molar-refractivity contribution in [2.45, 2.75) is 18.9 Å². The van der Waals surface area contributed by atoms with Crippen molar-refractivity contribution in [2.24, 2.45) is 0 Å². The lowest BCUT2D eigenvalue weighted by molar-refractivity contribution is -0.384. The fourth-order valence-electron chi connectivity index (χ4n) is 2.28. The number of anilines is 1. The van der Waals surface area contributed by atoms with Crippen LogP contribution in [0.4, 0.5) is 16.2 Å². The summed E-state index contributed by atoms with van der Waals surface area (Å²) in [6.45, 7) is 1.10. The van der Waals surface area contributed by atoms with E-state index in [-0.39, 0.29) is 11.7 Å². The summed E-state index contributed by atoms with van der Waals surface area (Å²) in [5.41, 5.74) is 0.426. The third-order valence-corrected chi connectivity index (χ3v) is 3.06. The monoisotopic (exact) mass is 266 g/mol. The summed E-state index contributed by atoms with van der Waals surface area (Å²) in [5.74, 6) is 0. The van der Waals surface area contributed by atoms with Gasteiger partial charge in [0.2, 0.25) is 0 Å². The van der Waals surface area contributed by atoms with E-state index in [1.165, 1.54) is 12.4 Å². The maximum absolute atomic E-state index is 11.0. The molecule has 2 heterocycles. The Morgan fingerprint density at radius 2 is 2.42 bits per heavy atom. The van der Waals surface area contributed by atoms with Crippen LogP contribution in [0.1, 0.15) is 12.8 Å². The highest BCUT2D eigenvalue weighted by molar-refractivity contribution is 5.66. The zero-order valence-corrected chi connectivity index (χ0v) is 10.2. The molecule has 2 N–H and O–H groups in total. The van der Waals surface area contributed by atoms with Gasteiger partial charge in [0.25, 0.3) is 0 Å². The molecule has 0 bridgehead atoms. The Bertz CT molecular complexity index is 493. The number of amides is 1. The Balaban J connectivity index is 2.17. The maximum Gasteiger partial charge on any atom is 0.404 e. The molecular weight excluding hydrogens is 252 g/mol. The van der Waals surface area contributed by atoms with Crippen molar-refractivity contribution in [1.82, 2.24) is 10.3 Å². The van der Waals surface area contributed by atoms with Gasteiger partial charge in [0.1, 0.15) is 11.9 Å². The highest BCUT2D eigenvalue weighted by atomic mass is 16.6. The number of rotatable bonds is 3. The predicted molar refractivity (Wildman–Crippen MR) is 67.3 cm³/mol. The minimum Gasteiger partial charge on any atom is -0.465 e. The fraction of sp³-hybridized carbons (Fsp3) is 0.455. The lowest BCUT2D eigenvalue weighted by Gasteiger charge is -2.33. The van der Waals surface area contributed by atoms with E-state index in [2.05, 4.69) is 10.3 Å². The molecule has 0 aromatic carbocycles. The number of hydrogen-bond acceptors (Lipinski definition) is 5. The highest BCUT2D eigenvalue weighted by Crippen LogP contribution is 2.28. The summed E-state index contributed by atoms with van der Waals surface area (Å²) < 4.78 is 0. The van der Waals surface area contributed by atoms with Crippen LogP contribution in [0.25, 0.3) is 0 Å². The number of nitrogens with zero attached hydrogens (tertiary/aromatic N) is 3. The van der Waals surface area contributed by atoms with Crippen LogP contribution in [0, 0.1) is 10.1 Å². The second-order valence-electron chi connectivity index (χ2n) is 4.36. The summed E-state index contributed by atoms with van der Waals surface area (Å²) in [7, 11) is 0. The van der Waals surface area contributed by atoms with Gasteiger partial charge in [0.05, 0.1) is 4.92 Å². The Labute approximate surface area is 109 Å². The topological polar surface area (TPSA) is 109 Å². The number of pyridine rings is 1. The van der Waals surface area contributed by atoms with Crippen molar-refractivity contribution in [3.63, 3.8) is 0 Å². The van der Waals surface area contributed by atoms with Crippen LogP contribution in [0.5, 0.6) is 0 Å². The Morgan fingerprint density at radius 1 is 1.63 bits per heavy atom. The van der Waals surface area contributed by atoms with E-state index in [0.29, 0.717) is 18.8 Å². The third-order valence-electron chi connectivity index (χ3n) is 3.06. The average molecular weight is 266 g/mol. The lowest BCUT2D eigenvalue weighted by Crippen LogP contribution is -2.47. The van der Waals surface area contributed by atoms with Crippen molar-refractivity contribution in [3.05, 3.63) is 28.6 Å². The largest absolute Gasteiger partial charge is 0.465 e. The summed E-state index contributed by atoms with van der Waals surface area (Å²) in [5, 5.41) is 22.1. The number of piperidine rings is 1. The first-order chi connectivity index (χ1) is 9.08. The first-order valence-corrected chi connectivity index (χ1v) is 5.90. The Kier molecular flexibility index (Phi) is 3.79. The lowest BCUT2D eigenvalue weighted by atomic mass is 10.1. The average Bonchev–Trinajstić information content (AvgIpc) is 2.38. The first-order valence-electron chi connectivity index (χ1n) is 5.90. The summed E-state index contributed by atoms with van der Waals surface area (Å²) in [6, 6.07) is 1.38. The number of aromatic nitrogens is 1. The molecule has 1 aromatic rings. The number of hydrogen-bond donors (Lipinski definition) is 2. The molecule has 102 valence electrons. The Morgan fingerprint density at radius 3 is 3.11 bits per heavy atom. The van der Waals surface area contributed by atoms with Gasteiger partial charge in [-0.15, -0.1) is 0 Å². The normalized spacial score (nSPS) is 18.9. The molecular formula is C11H14N4O4. The molecule has 8 nitrogen and oxygen atoms in total. The summed E-state index contributed by atoms with van der Waals surface area (Å²) in [4.78, 5) is 26.7. The number of nitro groups is 1. The molecule has 0 saturated carbocycles. The predicted octanol–water partition coefficient (Wildman–Crippen LogP) is 1.23. The van der Waals surface area contributed by atoms with E-state index in [4.69, 9.17) is 5.11 Å². The van der Waals surface area contributed by atoms with Gasteiger partial charge in [-0.1, -0.05) is 0 Å². The highest BCUT2D eigenvalue weighted by Gasteiger charge is 2.26. The molecule has 2 rings (SSSR count). The van der Waals surface area contributed by atoms with Crippen LogP contribution in [0.3, 0.4) is 0 Å². The van der Waals surface area contributed by atoms with Gasteiger partial charge in [0.15, 0.2) is 0 Å². The quantitative estimate of drug-likeness (QED) is 0.629. The molecule has 1 fully saturated rings. The molecule has 0 radical (unpaired) electrons. The van der Waals surface area contributed by atoms with Crippen LogP contribution < -0.4 is 10.2 Å². The van der Waals surface area contributed by atoms with Crippen molar-refractivity contribution in [3.8, 4) is 0 Å². The first kappa shape index (κ1) is 13.1. The van der Waals surface area contributed by atoms with Crippen molar-refractivity contribution >= 4 is 17.5 Å². The van der Waals surface area contributed by atoms with Crippen LogP contribution in [-0.2, 0) is 0 Å². The van der Waals surface area contributed by atoms with Crippen LogP contribution in [-0.4, -0.2) is 40.2 Å². The molecule has 0 aliphatic carbocycles. The molecule has 8 heteroatoms. The Hall–Kier alpha value is -2.38. The molecule has 1 aliphatic heterocycles. The third kappa shape index (κ3) is 3.09. The molecule has 1 saturated heterocycles. The zero-order valence-electron chi connectivity index (χ0n) is 10.2. The van der Waals surface area contributed by atoms with Gasteiger partial charge < -0.3 is 15.3 Å². The van der Waals surface area contributed by atoms with Gasteiger partial charge in [-0.05, 0) is 18.9 Å². The van der Waals surface area contributed by atoms with Gasteiger partial charge in [-0.3, -0.25) is 15.1 Å². The molecule has 19 heavy (non-hydrogen) atoms. The van der Waals surface area contributed by atoms with Gasteiger partial charge in [0, 0.05) is 25.3 Å². The minimum absolute atomic E-state index is 0.0570. The van der Waals surface area contributed by atoms with Crippen molar-refractivity contribution in [2.75, 3.05) is 18.0 Å². The number of carbonyl (C=O) groups is 1. The van der Waals surface area contributed by atoms with Crippen molar-refractivity contribution < 1.29 is 14.8 Å². The molecule has 0 spiro atoms. The molecule has 1 aromatic heterocycles. The van der Waals surface area contributed by atoms with Crippen LogP contribution in [0.2, 0.25) is 0 Å². The van der Waals surface area contributed by atoms with E-state index in [9.17, 15) is 14.9 Å². The summed E-state index contributed by atoms with van der Waals surface area (Å²) >= 11 is 0. The second kappa shape index (κ2) is 5.51. The van der Waals surface area contributed by atoms with Gasteiger partial charge >= 0.3 is 11.8 Å². The fourth-order valence-corrected chi connectivity index (χ4v) is 2.28. The van der Waals surface area contributed by atoms with Gasteiger partial charge in [-0.25, -0.2) is 4.79 Å². The molecule has 1 aliphatic rings. The number of carboxylic acid groups (broad SMARTS) is 1. The standard InChI is InChI=1S/C11H14N4O4/c16-11(17)13-8-2-1-5-14(7-8)9-3-4-12-6-10(9)15(18)19/h3-4,6,8,13H,1-2,5,7H2,(H,16,17). The SMILES string of the molecule is O=C(O)NC1CCCN(c2ccncc2[N+](=O)[O-])C1. The van der Waals surface area contributed by atoms with E-state index in [1.54, 1.807) is 6.07 Å². The second-order valence-corrected chi connectivity index (χ2v) is 4.36. The minimum atomic E-state index is -1.07. The molecule has 1 amide bonds. The maximum atomic E-state index is 11.0. The van der Waals surface area contributed by atoms with E-state index in [1.807, 2.05) is 4.90 Å².